The third kappa shape index (κ3) is 4.28. The molecule has 0 aliphatic heterocycles. The highest BCUT2D eigenvalue weighted by Gasteiger charge is 2.18. The Kier molecular flexibility index (Phi) is 5.93. The van der Waals surface area contributed by atoms with Crippen LogP contribution in [0.25, 0.3) is 0 Å². The van der Waals surface area contributed by atoms with Gasteiger partial charge in [-0.2, -0.15) is 0 Å². The molecule has 82 valence electrons. The lowest BCUT2D eigenvalue weighted by molar-refractivity contribution is 0.354. The predicted octanol–water partition coefficient (Wildman–Crippen LogP) is 3.64. The van der Waals surface area contributed by atoms with Crippen molar-refractivity contribution in [1.29, 1.82) is 0 Å². The number of allylic oxidation sites excluding steroid dienone is 1. The summed E-state index contributed by atoms with van der Waals surface area (Å²) in [5.74, 6) is 0.808. The van der Waals surface area contributed by atoms with Crippen LogP contribution in [0.3, 0.4) is 0 Å². The van der Waals surface area contributed by atoms with Crippen LogP contribution >= 0.6 is 0 Å². The Hall–Kier alpha value is -0.300. The minimum atomic E-state index is 0.452. The summed E-state index contributed by atoms with van der Waals surface area (Å²) in [4.78, 5) is 0. The molecule has 0 saturated heterocycles. The van der Waals surface area contributed by atoms with Crippen molar-refractivity contribution in [3.63, 3.8) is 0 Å². The molecule has 0 heterocycles. The number of unbranched alkanes of at least 4 members (excludes halogenated alkanes) is 1. The van der Waals surface area contributed by atoms with Crippen LogP contribution in [-0.2, 0) is 0 Å². The number of hydrogen-bond acceptors (Lipinski definition) is 1. The SMILES string of the molecule is C=CCCCC(N)C1CCCCCC1. The van der Waals surface area contributed by atoms with Gasteiger partial charge in [0, 0.05) is 6.04 Å². The van der Waals surface area contributed by atoms with Crippen molar-refractivity contribution in [2.24, 2.45) is 11.7 Å². The van der Waals surface area contributed by atoms with Gasteiger partial charge in [0.2, 0.25) is 0 Å². The van der Waals surface area contributed by atoms with Gasteiger partial charge in [0.05, 0.1) is 0 Å². The van der Waals surface area contributed by atoms with Crippen LogP contribution in [0, 0.1) is 5.92 Å². The van der Waals surface area contributed by atoms with Crippen LogP contribution in [-0.4, -0.2) is 6.04 Å². The second-order valence-electron chi connectivity index (χ2n) is 4.64. The molecule has 0 aromatic heterocycles. The van der Waals surface area contributed by atoms with E-state index in [9.17, 15) is 0 Å². The summed E-state index contributed by atoms with van der Waals surface area (Å²) in [6, 6.07) is 0.452. The van der Waals surface area contributed by atoms with Gasteiger partial charge in [0.25, 0.3) is 0 Å². The number of rotatable bonds is 5. The van der Waals surface area contributed by atoms with Crippen LogP contribution in [0.2, 0.25) is 0 Å². The molecular formula is C13H25N. The quantitative estimate of drug-likeness (QED) is 0.404. The van der Waals surface area contributed by atoms with Crippen molar-refractivity contribution in [3.05, 3.63) is 12.7 Å². The Bertz CT molecular complexity index is 145. The fraction of sp³-hybridized carbons (Fsp3) is 0.846. The molecule has 0 aromatic carbocycles. The third-order valence-electron chi connectivity index (χ3n) is 3.45. The Morgan fingerprint density at radius 1 is 1.21 bits per heavy atom. The van der Waals surface area contributed by atoms with Crippen molar-refractivity contribution in [2.45, 2.75) is 63.8 Å². The van der Waals surface area contributed by atoms with E-state index in [1.54, 1.807) is 0 Å². The first-order valence-electron chi connectivity index (χ1n) is 6.21. The number of nitrogens with two attached hydrogens (primary N) is 1. The smallest absolute Gasteiger partial charge is 0.00672 e. The Morgan fingerprint density at radius 2 is 1.86 bits per heavy atom. The molecule has 1 unspecified atom stereocenters. The van der Waals surface area contributed by atoms with Crippen molar-refractivity contribution < 1.29 is 0 Å². The second kappa shape index (κ2) is 7.05. The molecular weight excluding hydrogens is 170 g/mol. The molecule has 2 N–H and O–H groups in total. The molecule has 0 spiro atoms. The highest BCUT2D eigenvalue weighted by atomic mass is 14.6. The highest BCUT2D eigenvalue weighted by Crippen LogP contribution is 2.26. The lowest BCUT2D eigenvalue weighted by Gasteiger charge is -2.21. The van der Waals surface area contributed by atoms with E-state index in [4.69, 9.17) is 5.73 Å². The van der Waals surface area contributed by atoms with Crippen LogP contribution in [0.15, 0.2) is 12.7 Å². The van der Waals surface area contributed by atoms with Crippen LogP contribution < -0.4 is 5.73 Å². The van der Waals surface area contributed by atoms with Gasteiger partial charge in [0.15, 0.2) is 0 Å². The fourth-order valence-corrected chi connectivity index (χ4v) is 2.47. The monoisotopic (exact) mass is 195 g/mol. The van der Waals surface area contributed by atoms with Crippen LogP contribution in [0.1, 0.15) is 57.8 Å². The average Bonchev–Trinajstić information content (AvgIpc) is 2.46. The summed E-state index contributed by atoms with van der Waals surface area (Å²) < 4.78 is 0. The van der Waals surface area contributed by atoms with E-state index in [1.807, 2.05) is 6.08 Å². The Morgan fingerprint density at radius 3 is 2.43 bits per heavy atom. The molecule has 1 atom stereocenters. The van der Waals surface area contributed by atoms with Crippen molar-refractivity contribution in [3.8, 4) is 0 Å². The van der Waals surface area contributed by atoms with Gasteiger partial charge in [-0.1, -0.05) is 31.8 Å². The zero-order valence-electron chi connectivity index (χ0n) is 9.38. The lowest BCUT2D eigenvalue weighted by atomic mass is 9.89. The highest BCUT2D eigenvalue weighted by molar-refractivity contribution is 4.77. The molecule has 14 heavy (non-hydrogen) atoms. The zero-order chi connectivity index (χ0) is 10.2. The first kappa shape index (κ1) is 11.8. The average molecular weight is 195 g/mol. The van der Waals surface area contributed by atoms with E-state index >= 15 is 0 Å². The number of hydrogen-bond donors (Lipinski definition) is 1. The summed E-state index contributed by atoms with van der Waals surface area (Å²) in [6.45, 7) is 3.74. The van der Waals surface area contributed by atoms with Crippen molar-refractivity contribution in [2.75, 3.05) is 0 Å². The van der Waals surface area contributed by atoms with E-state index < -0.39 is 0 Å². The minimum absolute atomic E-state index is 0.452. The normalized spacial score (nSPS) is 21.5. The van der Waals surface area contributed by atoms with Crippen molar-refractivity contribution in [1.82, 2.24) is 0 Å². The van der Waals surface area contributed by atoms with Gasteiger partial charge in [-0.05, 0) is 38.0 Å². The van der Waals surface area contributed by atoms with Gasteiger partial charge in [0.1, 0.15) is 0 Å². The maximum Gasteiger partial charge on any atom is 0.00672 e. The summed E-state index contributed by atoms with van der Waals surface area (Å²) in [6.07, 6.45) is 13.9. The van der Waals surface area contributed by atoms with Crippen LogP contribution in [0.5, 0.6) is 0 Å². The molecule has 0 radical (unpaired) electrons. The molecule has 1 aliphatic rings. The maximum atomic E-state index is 6.22. The molecule has 1 nitrogen and oxygen atoms in total. The van der Waals surface area contributed by atoms with E-state index in [0.717, 1.165) is 12.3 Å². The lowest BCUT2D eigenvalue weighted by Crippen LogP contribution is -2.29. The predicted molar refractivity (Wildman–Crippen MR) is 63.2 cm³/mol. The first-order valence-corrected chi connectivity index (χ1v) is 6.21. The molecule has 0 aromatic rings. The van der Waals surface area contributed by atoms with E-state index in [0.29, 0.717) is 6.04 Å². The van der Waals surface area contributed by atoms with Gasteiger partial charge in [-0.15, -0.1) is 6.58 Å². The summed E-state index contributed by atoms with van der Waals surface area (Å²) in [7, 11) is 0. The third-order valence-corrected chi connectivity index (χ3v) is 3.45. The van der Waals surface area contributed by atoms with Crippen molar-refractivity contribution >= 4 is 0 Å². The first-order chi connectivity index (χ1) is 6.84. The van der Waals surface area contributed by atoms with Gasteiger partial charge >= 0.3 is 0 Å². The van der Waals surface area contributed by atoms with Crippen LogP contribution in [0.4, 0.5) is 0 Å². The topological polar surface area (TPSA) is 26.0 Å². The van der Waals surface area contributed by atoms with Gasteiger partial charge < -0.3 is 5.73 Å². The molecule has 1 rings (SSSR count). The van der Waals surface area contributed by atoms with Gasteiger partial charge in [-0.3, -0.25) is 0 Å². The molecule has 0 amide bonds. The Labute approximate surface area is 88.8 Å². The largest absolute Gasteiger partial charge is 0.327 e. The molecule has 1 fully saturated rings. The maximum absolute atomic E-state index is 6.22. The van der Waals surface area contributed by atoms with Gasteiger partial charge in [-0.25, -0.2) is 0 Å². The molecule has 1 heteroatoms. The van der Waals surface area contributed by atoms with E-state index in [2.05, 4.69) is 6.58 Å². The summed E-state index contributed by atoms with van der Waals surface area (Å²) >= 11 is 0. The minimum Gasteiger partial charge on any atom is -0.327 e. The van der Waals surface area contributed by atoms with E-state index in [-0.39, 0.29) is 0 Å². The Balaban J connectivity index is 2.19. The zero-order valence-corrected chi connectivity index (χ0v) is 9.38. The summed E-state index contributed by atoms with van der Waals surface area (Å²) in [5.41, 5.74) is 6.22. The molecule has 1 saturated carbocycles. The van der Waals surface area contributed by atoms with E-state index in [1.165, 1.54) is 51.4 Å². The molecule has 1 aliphatic carbocycles. The standard InChI is InChI=1S/C13H25N/c1-2-3-6-11-13(14)12-9-7-4-5-8-10-12/h2,12-13H,1,3-11,14H2. The molecule has 0 bridgehead atoms. The fourth-order valence-electron chi connectivity index (χ4n) is 2.47. The second-order valence-corrected chi connectivity index (χ2v) is 4.64. The summed E-state index contributed by atoms with van der Waals surface area (Å²) in [5, 5.41) is 0.